The van der Waals surface area contributed by atoms with Gasteiger partial charge in [-0.2, -0.15) is 0 Å². The van der Waals surface area contributed by atoms with E-state index < -0.39 is 18.5 Å². The molecular formula is C28H31N3O4. The quantitative estimate of drug-likeness (QED) is 0.541. The Labute approximate surface area is 205 Å². The predicted octanol–water partition coefficient (Wildman–Crippen LogP) is 4.23. The molecule has 1 N–H and O–H groups in total. The molecule has 1 aromatic heterocycles. The summed E-state index contributed by atoms with van der Waals surface area (Å²) < 4.78 is 5.47. The fourth-order valence-electron chi connectivity index (χ4n) is 4.60. The molecule has 0 aliphatic heterocycles. The minimum absolute atomic E-state index is 0.144. The van der Waals surface area contributed by atoms with Crippen molar-refractivity contribution in [3.63, 3.8) is 0 Å². The Morgan fingerprint density at radius 1 is 1.09 bits per heavy atom. The SMILES string of the molecule is Cc1cccc(C)c1NC(=O)CN(C)C(=O)COC(=O)c1c2c(nc3ccccc13)CC[C@@H](C)C2. The summed E-state index contributed by atoms with van der Waals surface area (Å²) in [5.41, 5.74) is 5.74. The molecule has 2 aromatic carbocycles. The van der Waals surface area contributed by atoms with E-state index in [1.54, 1.807) is 0 Å². The maximum atomic E-state index is 13.2. The highest BCUT2D eigenvalue weighted by molar-refractivity contribution is 6.05. The number of anilines is 1. The molecule has 0 saturated heterocycles. The van der Waals surface area contributed by atoms with Crippen molar-refractivity contribution in [2.75, 3.05) is 25.5 Å². The van der Waals surface area contributed by atoms with E-state index in [4.69, 9.17) is 9.72 Å². The second-order valence-corrected chi connectivity index (χ2v) is 9.42. The highest BCUT2D eigenvalue weighted by Crippen LogP contribution is 2.32. The molecule has 0 bridgehead atoms. The number of likely N-dealkylation sites (N-methyl/N-ethyl adjacent to an activating group) is 1. The number of hydrogen-bond acceptors (Lipinski definition) is 5. The number of aryl methyl sites for hydroxylation is 3. The van der Waals surface area contributed by atoms with Crippen LogP contribution in [0, 0.1) is 19.8 Å². The molecule has 3 aromatic rings. The number of aromatic nitrogens is 1. The lowest BCUT2D eigenvalue weighted by molar-refractivity contribution is -0.136. The zero-order valence-corrected chi connectivity index (χ0v) is 20.7. The third kappa shape index (κ3) is 5.34. The van der Waals surface area contributed by atoms with E-state index in [1.165, 1.54) is 11.9 Å². The number of rotatable bonds is 6. The topological polar surface area (TPSA) is 88.6 Å². The van der Waals surface area contributed by atoms with Crippen LogP contribution in [0.3, 0.4) is 0 Å². The van der Waals surface area contributed by atoms with E-state index in [-0.39, 0.29) is 12.5 Å². The minimum Gasteiger partial charge on any atom is -0.452 e. The van der Waals surface area contributed by atoms with Crippen LogP contribution in [0.15, 0.2) is 42.5 Å². The third-order valence-corrected chi connectivity index (χ3v) is 6.59. The van der Waals surface area contributed by atoms with Crippen molar-refractivity contribution >= 4 is 34.4 Å². The summed E-state index contributed by atoms with van der Waals surface area (Å²) in [6.07, 6.45) is 2.60. The van der Waals surface area contributed by atoms with Gasteiger partial charge in [-0.3, -0.25) is 14.6 Å². The molecule has 0 radical (unpaired) electrons. The number of amides is 2. The van der Waals surface area contributed by atoms with Gasteiger partial charge in [0.1, 0.15) is 0 Å². The molecule has 182 valence electrons. The summed E-state index contributed by atoms with van der Waals surface area (Å²) in [5.74, 6) is -0.848. The maximum Gasteiger partial charge on any atom is 0.339 e. The van der Waals surface area contributed by atoms with E-state index in [0.29, 0.717) is 11.5 Å². The summed E-state index contributed by atoms with van der Waals surface area (Å²) in [7, 11) is 1.52. The first-order valence-electron chi connectivity index (χ1n) is 11.9. The van der Waals surface area contributed by atoms with Crippen molar-refractivity contribution in [3.05, 3.63) is 70.4 Å². The number of fused-ring (bicyclic) bond motifs is 2. The molecule has 7 heteroatoms. The average Bonchev–Trinajstić information content (AvgIpc) is 2.83. The fraction of sp³-hybridized carbons (Fsp3) is 0.357. The zero-order valence-electron chi connectivity index (χ0n) is 20.7. The Morgan fingerprint density at radius 3 is 2.54 bits per heavy atom. The highest BCUT2D eigenvalue weighted by Gasteiger charge is 2.27. The molecule has 1 heterocycles. The van der Waals surface area contributed by atoms with Crippen molar-refractivity contribution in [3.8, 4) is 0 Å². The molecule has 35 heavy (non-hydrogen) atoms. The third-order valence-electron chi connectivity index (χ3n) is 6.59. The lowest BCUT2D eigenvalue weighted by Gasteiger charge is -2.24. The van der Waals surface area contributed by atoms with Gasteiger partial charge in [-0.25, -0.2) is 4.79 Å². The van der Waals surface area contributed by atoms with E-state index in [9.17, 15) is 14.4 Å². The van der Waals surface area contributed by atoms with Crippen molar-refractivity contribution in [1.82, 2.24) is 9.88 Å². The van der Waals surface area contributed by atoms with Crippen LogP contribution in [0.1, 0.15) is 46.1 Å². The molecule has 1 aliphatic carbocycles. The van der Waals surface area contributed by atoms with Gasteiger partial charge in [-0.1, -0.05) is 43.3 Å². The van der Waals surface area contributed by atoms with Crippen LogP contribution < -0.4 is 5.32 Å². The summed E-state index contributed by atoms with van der Waals surface area (Å²) in [6, 6.07) is 13.3. The second-order valence-electron chi connectivity index (χ2n) is 9.42. The molecular weight excluding hydrogens is 442 g/mol. The number of para-hydroxylation sites is 2. The molecule has 0 spiro atoms. The molecule has 1 aliphatic rings. The van der Waals surface area contributed by atoms with Crippen LogP contribution in [0.5, 0.6) is 0 Å². The first-order chi connectivity index (χ1) is 16.7. The molecule has 2 amide bonds. The number of carbonyl (C=O) groups is 3. The first-order valence-corrected chi connectivity index (χ1v) is 11.9. The zero-order chi connectivity index (χ0) is 25.1. The number of pyridine rings is 1. The van der Waals surface area contributed by atoms with Gasteiger partial charge in [-0.15, -0.1) is 0 Å². The van der Waals surface area contributed by atoms with Gasteiger partial charge < -0.3 is 15.0 Å². The summed E-state index contributed by atoms with van der Waals surface area (Å²) in [6.45, 7) is 5.41. The van der Waals surface area contributed by atoms with Crippen LogP contribution in [0.25, 0.3) is 10.9 Å². The number of nitrogens with one attached hydrogen (secondary N) is 1. The number of benzene rings is 2. The van der Waals surface area contributed by atoms with Crippen LogP contribution in [0.2, 0.25) is 0 Å². The van der Waals surface area contributed by atoms with E-state index in [2.05, 4.69) is 12.2 Å². The van der Waals surface area contributed by atoms with Crippen molar-refractivity contribution in [2.45, 2.75) is 40.0 Å². The Hall–Kier alpha value is -3.74. The first kappa shape index (κ1) is 24.4. The minimum atomic E-state index is -0.532. The van der Waals surface area contributed by atoms with E-state index in [0.717, 1.165) is 58.2 Å². The Kier molecular flexibility index (Phi) is 7.15. The lowest BCUT2D eigenvalue weighted by Crippen LogP contribution is -2.37. The summed E-state index contributed by atoms with van der Waals surface area (Å²) in [4.78, 5) is 44.4. The molecule has 0 fully saturated rings. The number of esters is 1. The monoisotopic (exact) mass is 473 g/mol. The number of hydrogen-bond donors (Lipinski definition) is 1. The van der Waals surface area contributed by atoms with Gasteiger partial charge in [-0.05, 0) is 61.8 Å². The standard InChI is InChI=1S/C28H31N3O4/c1-17-12-13-23-21(14-17)26(20-10-5-6-11-22(20)29-23)28(34)35-16-25(33)31(4)15-24(32)30-27-18(2)8-7-9-19(27)3/h5-11,17H,12-16H2,1-4H3,(H,30,32)/t17-/m1/s1. The van der Waals surface area contributed by atoms with Gasteiger partial charge in [0.05, 0.1) is 17.6 Å². The van der Waals surface area contributed by atoms with Gasteiger partial charge in [0, 0.05) is 23.8 Å². The molecule has 0 unspecified atom stereocenters. The second kappa shape index (κ2) is 10.3. The summed E-state index contributed by atoms with van der Waals surface area (Å²) >= 11 is 0. The predicted molar refractivity (Wildman–Crippen MR) is 135 cm³/mol. The van der Waals surface area contributed by atoms with Crippen molar-refractivity contribution < 1.29 is 19.1 Å². The van der Waals surface area contributed by atoms with Crippen LogP contribution >= 0.6 is 0 Å². The van der Waals surface area contributed by atoms with Crippen molar-refractivity contribution in [2.24, 2.45) is 5.92 Å². The highest BCUT2D eigenvalue weighted by atomic mass is 16.5. The van der Waals surface area contributed by atoms with Gasteiger partial charge in [0.25, 0.3) is 5.91 Å². The smallest absolute Gasteiger partial charge is 0.339 e. The molecule has 7 nitrogen and oxygen atoms in total. The normalized spacial score (nSPS) is 14.8. The summed E-state index contributed by atoms with van der Waals surface area (Å²) in [5, 5.41) is 3.60. The van der Waals surface area contributed by atoms with Crippen molar-refractivity contribution in [1.29, 1.82) is 0 Å². The number of ether oxygens (including phenoxy) is 1. The van der Waals surface area contributed by atoms with E-state index in [1.807, 2.05) is 56.3 Å². The molecule has 0 saturated carbocycles. The Bertz CT molecular complexity index is 1280. The number of nitrogens with zero attached hydrogens (tertiary/aromatic N) is 2. The number of carbonyl (C=O) groups excluding carboxylic acids is 3. The van der Waals surface area contributed by atoms with Crippen LogP contribution in [0.4, 0.5) is 5.69 Å². The Balaban J connectivity index is 1.43. The van der Waals surface area contributed by atoms with Crippen LogP contribution in [-0.2, 0) is 27.2 Å². The lowest BCUT2D eigenvalue weighted by atomic mass is 9.84. The van der Waals surface area contributed by atoms with Crippen LogP contribution in [-0.4, -0.2) is 47.9 Å². The molecule has 4 rings (SSSR count). The van der Waals surface area contributed by atoms with Gasteiger partial charge >= 0.3 is 5.97 Å². The largest absolute Gasteiger partial charge is 0.452 e. The average molecular weight is 474 g/mol. The fourth-order valence-corrected chi connectivity index (χ4v) is 4.60. The van der Waals surface area contributed by atoms with Gasteiger partial charge in [0.2, 0.25) is 5.91 Å². The Morgan fingerprint density at radius 2 is 1.80 bits per heavy atom. The van der Waals surface area contributed by atoms with E-state index >= 15 is 0 Å². The molecule has 1 atom stereocenters. The van der Waals surface area contributed by atoms with Gasteiger partial charge in [0.15, 0.2) is 6.61 Å². The maximum absolute atomic E-state index is 13.2.